The van der Waals surface area contributed by atoms with E-state index >= 15 is 0 Å². The molecule has 0 aliphatic carbocycles. The zero-order valence-electron chi connectivity index (χ0n) is 17.8. The summed E-state index contributed by atoms with van der Waals surface area (Å²) >= 11 is 0. The second-order valence-corrected chi connectivity index (χ2v) is 6.86. The molecular formula is C21H26O10. The van der Waals surface area contributed by atoms with E-state index in [1.54, 1.807) is 0 Å². The highest BCUT2D eigenvalue weighted by molar-refractivity contribution is 5.68. The minimum Gasteiger partial charge on any atom is -0.463 e. The van der Waals surface area contributed by atoms with Crippen molar-refractivity contribution < 1.29 is 47.6 Å². The summed E-state index contributed by atoms with van der Waals surface area (Å²) in [4.78, 5) is 46.4. The maximum atomic E-state index is 11.8. The first-order chi connectivity index (χ1) is 14.7. The molecule has 1 aliphatic rings. The van der Waals surface area contributed by atoms with Crippen molar-refractivity contribution >= 4 is 23.9 Å². The maximum absolute atomic E-state index is 11.8. The van der Waals surface area contributed by atoms with Gasteiger partial charge in [-0.05, 0) is 5.56 Å². The van der Waals surface area contributed by atoms with Gasteiger partial charge in [0.1, 0.15) is 18.8 Å². The molecule has 170 valence electrons. The number of esters is 4. The Morgan fingerprint density at radius 2 is 1.35 bits per heavy atom. The van der Waals surface area contributed by atoms with Crippen molar-refractivity contribution in [2.45, 2.75) is 65.0 Å². The van der Waals surface area contributed by atoms with Crippen LogP contribution < -0.4 is 0 Å². The molecule has 0 aromatic heterocycles. The Morgan fingerprint density at radius 3 is 1.90 bits per heavy atom. The van der Waals surface area contributed by atoms with E-state index in [-0.39, 0.29) is 13.2 Å². The lowest BCUT2D eigenvalue weighted by Gasteiger charge is -2.44. The third-order valence-electron chi connectivity index (χ3n) is 4.21. The molecule has 5 atom stereocenters. The molecule has 2 rings (SSSR count). The van der Waals surface area contributed by atoms with Crippen LogP contribution in [0.5, 0.6) is 0 Å². The topological polar surface area (TPSA) is 124 Å². The molecule has 0 bridgehead atoms. The van der Waals surface area contributed by atoms with Gasteiger partial charge in [0.25, 0.3) is 0 Å². The van der Waals surface area contributed by atoms with Crippen molar-refractivity contribution in [1.29, 1.82) is 0 Å². The Labute approximate surface area is 179 Å². The van der Waals surface area contributed by atoms with Crippen molar-refractivity contribution in [3.05, 3.63) is 35.9 Å². The van der Waals surface area contributed by atoms with Gasteiger partial charge in [-0.3, -0.25) is 19.2 Å². The lowest BCUT2D eigenvalue weighted by Crippen LogP contribution is -2.62. The van der Waals surface area contributed by atoms with Gasteiger partial charge in [0.2, 0.25) is 6.29 Å². The SMILES string of the molecule is CC(=O)OCC1O[C@@H](OC(C)=O)C(OC(C)=O)C(OCc2ccccc2)[C@@H]1OC(C)=O. The fourth-order valence-corrected chi connectivity index (χ4v) is 3.08. The zero-order chi connectivity index (χ0) is 23.0. The molecule has 1 fully saturated rings. The Kier molecular flexibility index (Phi) is 8.95. The van der Waals surface area contributed by atoms with E-state index in [4.69, 9.17) is 28.4 Å². The normalized spacial score (nSPS) is 25.2. The van der Waals surface area contributed by atoms with E-state index in [9.17, 15) is 19.2 Å². The van der Waals surface area contributed by atoms with Crippen LogP contribution >= 0.6 is 0 Å². The number of carbonyl (C=O) groups excluding carboxylic acids is 4. The number of ether oxygens (including phenoxy) is 6. The van der Waals surface area contributed by atoms with Crippen molar-refractivity contribution in [3.8, 4) is 0 Å². The number of benzene rings is 1. The molecule has 0 N–H and O–H groups in total. The summed E-state index contributed by atoms with van der Waals surface area (Å²) in [6.07, 6.45) is -5.83. The molecule has 1 saturated heterocycles. The lowest BCUT2D eigenvalue weighted by molar-refractivity contribution is -0.305. The van der Waals surface area contributed by atoms with Crippen LogP contribution in [0, 0.1) is 0 Å². The second kappa shape index (κ2) is 11.4. The van der Waals surface area contributed by atoms with Crippen LogP contribution in [-0.2, 0) is 54.2 Å². The van der Waals surface area contributed by atoms with Crippen LogP contribution in [-0.4, -0.2) is 61.2 Å². The molecule has 0 radical (unpaired) electrons. The second-order valence-electron chi connectivity index (χ2n) is 6.86. The Bertz CT molecular complexity index is 778. The van der Waals surface area contributed by atoms with Crippen LogP contribution in [0.2, 0.25) is 0 Å². The summed E-state index contributed by atoms with van der Waals surface area (Å²) in [6, 6.07) is 9.12. The minimum absolute atomic E-state index is 0.0775. The van der Waals surface area contributed by atoms with Crippen LogP contribution in [0.1, 0.15) is 33.3 Å². The summed E-state index contributed by atoms with van der Waals surface area (Å²) < 4.78 is 32.6. The first-order valence-corrected chi connectivity index (χ1v) is 9.63. The van der Waals surface area contributed by atoms with Gasteiger partial charge in [-0.15, -0.1) is 0 Å². The van der Waals surface area contributed by atoms with E-state index in [0.29, 0.717) is 0 Å². The smallest absolute Gasteiger partial charge is 0.305 e. The molecule has 3 unspecified atom stereocenters. The minimum atomic E-state index is -1.37. The molecule has 0 amide bonds. The van der Waals surface area contributed by atoms with E-state index in [0.717, 1.165) is 12.5 Å². The summed E-state index contributed by atoms with van der Waals surface area (Å²) in [5.74, 6) is -2.61. The Morgan fingerprint density at radius 1 is 0.774 bits per heavy atom. The van der Waals surface area contributed by atoms with Crippen molar-refractivity contribution in [2.24, 2.45) is 0 Å². The fraction of sp³-hybridized carbons (Fsp3) is 0.524. The first-order valence-electron chi connectivity index (χ1n) is 9.63. The largest absolute Gasteiger partial charge is 0.463 e. The van der Waals surface area contributed by atoms with E-state index < -0.39 is 54.6 Å². The Balaban J connectivity index is 2.38. The van der Waals surface area contributed by atoms with E-state index in [1.807, 2.05) is 30.3 Å². The summed E-state index contributed by atoms with van der Waals surface area (Å²) in [6.45, 7) is 4.50. The zero-order valence-corrected chi connectivity index (χ0v) is 17.8. The predicted molar refractivity (Wildman–Crippen MR) is 103 cm³/mol. The molecule has 1 heterocycles. The molecule has 1 aliphatic heterocycles. The molecule has 31 heavy (non-hydrogen) atoms. The van der Waals surface area contributed by atoms with Gasteiger partial charge in [-0.25, -0.2) is 0 Å². The monoisotopic (exact) mass is 438 g/mol. The van der Waals surface area contributed by atoms with Crippen molar-refractivity contribution in [2.75, 3.05) is 6.61 Å². The molecule has 10 heteroatoms. The van der Waals surface area contributed by atoms with Crippen LogP contribution in [0.15, 0.2) is 30.3 Å². The number of hydrogen-bond donors (Lipinski definition) is 0. The lowest BCUT2D eigenvalue weighted by atomic mass is 9.98. The fourth-order valence-electron chi connectivity index (χ4n) is 3.08. The molecule has 0 spiro atoms. The summed E-state index contributed by atoms with van der Waals surface area (Å²) in [5, 5.41) is 0. The third kappa shape index (κ3) is 7.65. The van der Waals surface area contributed by atoms with Gasteiger partial charge in [0, 0.05) is 27.7 Å². The van der Waals surface area contributed by atoms with Crippen molar-refractivity contribution in [3.63, 3.8) is 0 Å². The van der Waals surface area contributed by atoms with Gasteiger partial charge >= 0.3 is 23.9 Å². The number of carbonyl (C=O) groups is 4. The maximum Gasteiger partial charge on any atom is 0.305 e. The van der Waals surface area contributed by atoms with Crippen LogP contribution in [0.4, 0.5) is 0 Å². The van der Waals surface area contributed by atoms with Gasteiger partial charge in [0.05, 0.1) is 6.61 Å². The highest BCUT2D eigenvalue weighted by atomic mass is 16.7. The van der Waals surface area contributed by atoms with Gasteiger partial charge in [-0.1, -0.05) is 30.3 Å². The highest BCUT2D eigenvalue weighted by Crippen LogP contribution is 2.30. The molecule has 10 nitrogen and oxygen atoms in total. The standard InChI is InChI=1S/C21H26O10/c1-12(22)26-11-17-18(28-13(2)23)19(27-10-16-8-6-5-7-9-16)20(29-14(3)24)21(31-17)30-15(4)25/h5-9,17-21H,10-11H2,1-4H3/t17?,18-,19?,20?,21-/m1/s1. The number of rotatable bonds is 8. The van der Waals surface area contributed by atoms with Gasteiger partial charge < -0.3 is 28.4 Å². The van der Waals surface area contributed by atoms with Crippen LogP contribution in [0.25, 0.3) is 0 Å². The van der Waals surface area contributed by atoms with E-state index in [1.165, 1.54) is 20.8 Å². The van der Waals surface area contributed by atoms with Crippen LogP contribution in [0.3, 0.4) is 0 Å². The average Bonchev–Trinajstić information content (AvgIpc) is 2.67. The Hall–Kier alpha value is -2.98. The third-order valence-corrected chi connectivity index (χ3v) is 4.21. The van der Waals surface area contributed by atoms with Gasteiger partial charge in [-0.2, -0.15) is 0 Å². The first kappa shape index (κ1) is 24.3. The predicted octanol–water partition coefficient (Wildman–Crippen LogP) is 1.29. The van der Waals surface area contributed by atoms with E-state index in [2.05, 4.69) is 0 Å². The molecule has 0 saturated carbocycles. The number of hydrogen-bond acceptors (Lipinski definition) is 10. The van der Waals surface area contributed by atoms with Crippen molar-refractivity contribution in [1.82, 2.24) is 0 Å². The molecular weight excluding hydrogens is 412 g/mol. The average molecular weight is 438 g/mol. The highest BCUT2D eigenvalue weighted by Gasteiger charge is 2.52. The molecule has 1 aromatic carbocycles. The summed E-state index contributed by atoms with van der Waals surface area (Å²) in [7, 11) is 0. The molecule has 1 aromatic rings. The quantitative estimate of drug-likeness (QED) is 0.433. The van der Waals surface area contributed by atoms with Gasteiger partial charge in [0.15, 0.2) is 12.2 Å². The summed E-state index contributed by atoms with van der Waals surface area (Å²) in [5.41, 5.74) is 0.803.